The molecule has 1 aromatic rings. The van der Waals surface area contributed by atoms with E-state index in [-0.39, 0.29) is 11.5 Å². The average molecular weight is 663 g/mol. The van der Waals surface area contributed by atoms with E-state index in [1.165, 1.54) is 26.4 Å². The number of fused-ring (bicyclic) bond motifs is 1. The molecule has 0 saturated carbocycles. The first kappa shape index (κ1) is 35.0. The number of benzene rings is 1. The van der Waals surface area contributed by atoms with Crippen LogP contribution >= 0.6 is 0 Å². The summed E-state index contributed by atoms with van der Waals surface area (Å²) in [4.78, 5) is -0.00356. The van der Waals surface area contributed by atoms with Gasteiger partial charge in [0.15, 0.2) is 29.9 Å². The summed E-state index contributed by atoms with van der Waals surface area (Å²) in [5.74, 6) is -3.08. The molecule has 0 aliphatic carbocycles. The topological polar surface area (TPSA) is 156 Å². The van der Waals surface area contributed by atoms with Gasteiger partial charge in [-0.05, 0) is 60.6 Å². The van der Waals surface area contributed by atoms with E-state index in [0.717, 1.165) is 5.56 Å². The molecular formula is C30H46O14S. The van der Waals surface area contributed by atoms with E-state index >= 15 is 0 Å². The highest BCUT2D eigenvalue weighted by atomic mass is 32.2. The molecule has 4 saturated heterocycles. The van der Waals surface area contributed by atoms with Crippen molar-refractivity contribution < 1.29 is 65.1 Å². The van der Waals surface area contributed by atoms with Crippen molar-refractivity contribution in [2.24, 2.45) is 0 Å². The fourth-order valence-corrected chi connectivity index (χ4v) is 7.00. The number of aliphatic hydroxyl groups excluding tert-OH is 1. The minimum Gasteiger partial charge on any atom is -0.385 e. The molecule has 4 aliphatic rings. The summed E-state index contributed by atoms with van der Waals surface area (Å²) >= 11 is 0. The summed E-state index contributed by atoms with van der Waals surface area (Å²) in [6.07, 6.45) is -9.61. The summed E-state index contributed by atoms with van der Waals surface area (Å²) in [5, 5.41) is 11.5. The maximum atomic E-state index is 13.0. The van der Waals surface area contributed by atoms with Gasteiger partial charge < -0.3 is 52.5 Å². The molecule has 5 rings (SSSR count). The van der Waals surface area contributed by atoms with Crippen LogP contribution in [0.2, 0.25) is 0 Å². The Morgan fingerprint density at radius 2 is 1.47 bits per heavy atom. The van der Waals surface area contributed by atoms with Gasteiger partial charge >= 0.3 is 0 Å². The van der Waals surface area contributed by atoms with E-state index in [4.69, 9.17) is 51.6 Å². The summed E-state index contributed by atoms with van der Waals surface area (Å²) in [6.45, 7) is 12.0. The maximum Gasteiger partial charge on any atom is 0.297 e. The summed E-state index contributed by atoms with van der Waals surface area (Å²) in [7, 11) is -1.18. The Morgan fingerprint density at radius 3 is 2.07 bits per heavy atom. The number of ether oxygens (including phenoxy) is 10. The Labute approximate surface area is 264 Å². The average Bonchev–Trinajstić information content (AvgIpc) is 3.59. The molecule has 256 valence electrons. The molecule has 0 radical (unpaired) electrons. The quantitative estimate of drug-likeness (QED) is 0.271. The predicted molar refractivity (Wildman–Crippen MR) is 154 cm³/mol. The number of aliphatic hydroxyl groups is 1. The Hall–Kier alpha value is -1.31. The highest BCUT2D eigenvalue weighted by Gasteiger charge is 2.59. The van der Waals surface area contributed by atoms with Gasteiger partial charge in [-0.2, -0.15) is 8.42 Å². The molecule has 4 fully saturated rings. The third-order valence-corrected chi connectivity index (χ3v) is 9.36. The summed E-state index contributed by atoms with van der Waals surface area (Å²) in [5.41, 5.74) is 0.902. The van der Waals surface area contributed by atoms with Crippen molar-refractivity contribution in [3.05, 3.63) is 29.8 Å². The Morgan fingerprint density at radius 1 is 0.867 bits per heavy atom. The van der Waals surface area contributed by atoms with Gasteiger partial charge in [0, 0.05) is 14.2 Å². The van der Waals surface area contributed by atoms with Crippen LogP contribution in [0.25, 0.3) is 0 Å². The van der Waals surface area contributed by atoms with Crippen molar-refractivity contribution in [2.75, 3.05) is 27.4 Å². The third-order valence-electron chi connectivity index (χ3n) is 8.06. The van der Waals surface area contributed by atoms with E-state index in [1.54, 1.807) is 53.7 Å². The molecule has 4 heterocycles. The number of rotatable bonds is 11. The Kier molecular flexibility index (Phi) is 10.1. The fourth-order valence-electron chi connectivity index (χ4n) is 6.09. The van der Waals surface area contributed by atoms with Crippen molar-refractivity contribution in [2.45, 2.75) is 132 Å². The second kappa shape index (κ2) is 13.0. The van der Waals surface area contributed by atoms with Crippen LogP contribution in [0.3, 0.4) is 0 Å². The smallest absolute Gasteiger partial charge is 0.297 e. The SMILES string of the molecule is COC(OC)C1OC(C)(C)O[C@H]1C(O[C@@H]1O[C@H](COS(=O)(=O)c2ccc(C)cc2)[C@@H]2OC(C)(C)O[C@@H]2C1O)[C@H]1COC(C)(C)O1. The lowest BCUT2D eigenvalue weighted by atomic mass is 9.98. The van der Waals surface area contributed by atoms with Crippen molar-refractivity contribution in [3.63, 3.8) is 0 Å². The molecule has 9 atom stereocenters. The van der Waals surface area contributed by atoms with Crippen LogP contribution in [-0.2, 0) is 61.7 Å². The molecule has 15 heteroatoms. The van der Waals surface area contributed by atoms with Crippen LogP contribution in [0, 0.1) is 6.92 Å². The molecule has 14 nitrogen and oxygen atoms in total. The van der Waals surface area contributed by atoms with Crippen molar-refractivity contribution in [1.82, 2.24) is 0 Å². The molecule has 0 amide bonds. The van der Waals surface area contributed by atoms with E-state index in [9.17, 15) is 13.5 Å². The molecule has 0 bridgehead atoms. The standard InChI is InChI=1S/C30H46O14S/c1-16-10-12-17(13-11-16)45(32,33)37-15-18-22-23(42-29(4,5)41-22)20(31)26(38-18)39-21(19-14-36-28(2,3)40-19)24-25(27(34-8)35-9)44-30(6,7)43-24/h10-13,18-27,31H,14-15H2,1-9H3/t18-,19-,20?,21?,22+,23-,24+,25?,26+/m1/s1. The van der Waals surface area contributed by atoms with Crippen LogP contribution in [0.15, 0.2) is 29.2 Å². The molecule has 0 spiro atoms. The first-order chi connectivity index (χ1) is 20.9. The molecule has 45 heavy (non-hydrogen) atoms. The number of hydrogen-bond acceptors (Lipinski definition) is 14. The summed E-state index contributed by atoms with van der Waals surface area (Å²) in [6, 6.07) is 6.29. The third kappa shape index (κ3) is 7.72. The van der Waals surface area contributed by atoms with Gasteiger partial charge in [-0.3, -0.25) is 4.18 Å². The van der Waals surface area contributed by atoms with E-state index < -0.39 is 95.5 Å². The second-order valence-corrected chi connectivity index (χ2v) is 14.6. The van der Waals surface area contributed by atoms with E-state index in [2.05, 4.69) is 0 Å². The largest absolute Gasteiger partial charge is 0.385 e. The lowest BCUT2D eigenvalue weighted by Crippen LogP contribution is -2.61. The zero-order valence-corrected chi connectivity index (χ0v) is 28.0. The van der Waals surface area contributed by atoms with Crippen molar-refractivity contribution in [3.8, 4) is 0 Å². The normalized spacial score (nSPS) is 36.3. The van der Waals surface area contributed by atoms with Gasteiger partial charge in [-0.25, -0.2) is 0 Å². The van der Waals surface area contributed by atoms with Crippen molar-refractivity contribution in [1.29, 1.82) is 0 Å². The number of methoxy groups -OCH3 is 2. The molecule has 1 N–H and O–H groups in total. The molecule has 4 aliphatic heterocycles. The zero-order valence-electron chi connectivity index (χ0n) is 27.2. The maximum absolute atomic E-state index is 13.0. The van der Waals surface area contributed by atoms with E-state index in [1.807, 2.05) is 6.92 Å². The van der Waals surface area contributed by atoms with Crippen LogP contribution in [-0.4, -0.2) is 120 Å². The van der Waals surface area contributed by atoms with Crippen LogP contribution < -0.4 is 0 Å². The summed E-state index contributed by atoms with van der Waals surface area (Å²) < 4.78 is 92.0. The first-order valence-electron chi connectivity index (χ1n) is 15.0. The van der Waals surface area contributed by atoms with Gasteiger partial charge in [0.25, 0.3) is 10.1 Å². The zero-order chi connectivity index (χ0) is 32.9. The second-order valence-electron chi connectivity index (χ2n) is 13.0. The molecular weight excluding hydrogens is 616 g/mol. The lowest BCUT2D eigenvalue weighted by Gasteiger charge is -2.42. The van der Waals surface area contributed by atoms with E-state index in [0.29, 0.717) is 0 Å². The monoisotopic (exact) mass is 662 g/mol. The van der Waals surface area contributed by atoms with Gasteiger partial charge in [0.05, 0.1) is 18.1 Å². The number of aryl methyl sites for hydroxylation is 1. The van der Waals surface area contributed by atoms with Crippen molar-refractivity contribution >= 4 is 10.1 Å². The molecule has 1 aromatic carbocycles. The Balaban J connectivity index is 1.42. The first-order valence-corrected chi connectivity index (χ1v) is 16.4. The minimum absolute atomic E-state index is 0.00356. The van der Waals surface area contributed by atoms with Gasteiger partial charge in [-0.1, -0.05) is 17.7 Å². The van der Waals surface area contributed by atoms with Gasteiger partial charge in [0.1, 0.15) is 48.8 Å². The highest BCUT2D eigenvalue weighted by molar-refractivity contribution is 7.86. The van der Waals surface area contributed by atoms with Crippen LogP contribution in [0.4, 0.5) is 0 Å². The lowest BCUT2D eigenvalue weighted by molar-refractivity contribution is -0.314. The molecule has 0 aromatic heterocycles. The van der Waals surface area contributed by atoms with Gasteiger partial charge in [-0.15, -0.1) is 0 Å². The molecule has 3 unspecified atom stereocenters. The van der Waals surface area contributed by atoms with Gasteiger partial charge in [0.2, 0.25) is 0 Å². The minimum atomic E-state index is -4.14. The van der Waals surface area contributed by atoms with Crippen LogP contribution in [0.5, 0.6) is 0 Å². The fraction of sp³-hybridized carbons (Fsp3) is 0.800. The predicted octanol–water partition coefficient (Wildman–Crippen LogP) is 1.98. The Bertz CT molecular complexity index is 1260. The highest BCUT2D eigenvalue weighted by Crippen LogP contribution is 2.42. The number of hydrogen-bond donors (Lipinski definition) is 1. The van der Waals surface area contributed by atoms with Crippen LogP contribution in [0.1, 0.15) is 47.1 Å².